The molecule has 2 N–H and O–H groups in total. The topological polar surface area (TPSA) is 92.7 Å². The normalized spacial score (nSPS) is 21.0. The largest absolute Gasteiger partial charge is 0.366 e. The summed E-state index contributed by atoms with van der Waals surface area (Å²) in [6.45, 7) is 3.54. The van der Waals surface area contributed by atoms with E-state index in [2.05, 4.69) is 0 Å². The fourth-order valence-electron chi connectivity index (χ4n) is 3.42. The molecule has 2 fully saturated rings. The van der Waals surface area contributed by atoms with Gasteiger partial charge in [-0.3, -0.25) is 14.9 Å². The van der Waals surface area contributed by atoms with Gasteiger partial charge in [0.2, 0.25) is 0 Å². The molecule has 0 aromatic heterocycles. The quantitative estimate of drug-likeness (QED) is 0.672. The van der Waals surface area contributed by atoms with Crippen LogP contribution in [0.4, 0.5) is 11.4 Å². The second kappa shape index (κ2) is 6.54. The highest BCUT2D eigenvalue weighted by molar-refractivity contribution is 5.96. The Kier molecular flexibility index (Phi) is 4.47. The Balaban J connectivity index is 1.84. The third kappa shape index (κ3) is 3.14. The van der Waals surface area contributed by atoms with Crippen LogP contribution in [0.15, 0.2) is 18.2 Å². The van der Waals surface area contributed by atoms with Gasteiger partial charge in [-0.25, -0.2) is 0 Å². The molecule has 1 amide bonds. The van der Waals surface area contributed by atoms with E-state index in [1.165, 1.54) is 6.07 Å². The molecule has 0 spiro atoms. The summed E-state index contributed by atoms with van der Waals surface area (Å²) in [6, 6.07) is 4.84. The maximum Gasteiger partial charge on any atom is 0.293 e. The van der Waals surface area contributed by atoms with Crippen molar-refractivity contribution in [3.63, 3.8) is 0 Å². The molecule has 3 rings (SSSR count). The Bertz CT molecular complexity index is 613. The highest BCUT2D eigenvalue weighted by atomic mass is 16.6. The van der Waals surface area contributed by atoms with Crippen LogP contribution in [0, 0.1) is 16.0 Å². The first-order valence-corrected chi connectivity index (χ1v) is 8.13. The van der Waals surface area contributed by atoms with E-state index in [1.54, 1.807) is 17.0 Å². The van der Waals surface area contributed by atoms with Gasteiger partial charge in [-0.15, -0.1) is 0 Å². The number of nitrogens with two attached hydrogens (primary N) is 1. The average molecular weight is 318 g/mol. The number of benzene rings is 1. The molecule has 7 heteroatoms. The van der Waals surface area contributed by atoms with Gasteiger partial charge in [0.1, 0.15) is 5.69 Å². The number of amides is 1. The Labute approximate surface area is 135 Å². The van der Waals surface area contributed by atoms with Crippen molar-refractivity contribution in [3.05, 3.63) is 33.9 Å². The van der Waals surface area contributed by atoms with Gasteiger partial charge in [0.25, 0.3) is 11.6 Å². The van der Waals surface area contributed by atoms with E-state index >= 15 is 0 Å². The zero-order chi connectivity index (χ0) is 16.4. The number of anilines is 1. The molecule has 0 radical (unpaired) electrons. The maximum atomic E-state index is 12.6. The van der Waals surface area contributed by atoms with Gasteiger partial charge in [0.15, 0.2) is 0 Å². The highest BCUT2D eigenvalue weighted by Crippen LogP contribution is 2.32. The molecular weight excluding hydrogens is 296 g/mol. The van der Waals surface area contributed by atoms with Gasteiger partial charge in [0, 0.05) is 37.8 Å². The monoisotopic (exact) mass is 318 g/mol. The van der Waals surface area contributed by atoms with E-state index in [1.807, 2.05) is 4.90 Å². The summed E-state index contributed by atoms with van der Waals surface area (Å²) >= 11 is 0. The van der Waals surface area contributed by atoms with Gasteiger partial charge < -0.3 is 15.5 Å². The predicted octanol–water partition coefficient (Wildman–Crippen LogP) is 1.62. The van der Waals surface area contributed by atoms with E-state index in [4.69, 9.17) is 5.73 Å². The zero-order valence-corrected chi connectivity index (χ0v) is 13.1. The third-order valence-corrected chi connectivity index (χ3v) is 4.77. The molecule has 0 aliphatic carbocycles. The Morgan fingerprint density at radius 2 is 2.04 bits per heavy atom. The van der Waals surface area contributed by atoms with E-state index < -0.39 is 4.92 Å². The van der Waals surface area contributed by atoms with Crippen LogP contribution in [0.2, 0.25) is 0 Å². The van der Waals surface area contributed by atoms with Crippen LogP contribution in [0.3, 0.4) is 0 Å². The molecule has 2 aliphatic heterocycles. The first-order chi connectivity index (χ1) is 11.1. The molecule has 124 valence electrons. The van der Waals surface area contributed by atoms with Crippen LogP contribution in [-0.4, -0.2) is 48.5 Å². The van der Waals surface area contributed by atoms with Gasteiger partial charge in [-0.05, 0) is 43.9 Å². The highest BCUT2D eigenvalue weighted by Gasteiger charge is 2.29. The fourth-order valence-corrected chi connectivity index (χ4v) is 3.42. The molecule has 2 saturated heterocycles. The van der Waals surface area contributed by atoms with E-state index in [0.29, 0.717) is 36.8 Å². The van der Waals surface area contributed by atoms with Crippen molar-refractivity contribution in [3.8, 4) is 0 Å². The number of hydrogen-bond acceptors (Lipinski definition) is 5. The van der Waals surface area contributed by atoms with Crippen LogP contribution >= 0.6 is 0 Å². The lowest BCUT2D eigenvalue weighted by molar-refractivity contribution is -0.384. The lowest BCUT2D eigenvalue weighted by atomic mass is 10.1. The minimum atomic E-state index is -0.392. The van der Waals surface area contributed by atoms with Gasteiger partial charge in [-0.2, -0.15) is 0 Å². The van der Waals surface area contributed by atoms with Crippen molar-refractivity contribution in [2.45, 2.75) is 19.3 Å². The second-order valence-electron chi connectivity index (χ2n) is 6.30. The average Bonchev–Trinajstić information content (AvgIpc) is 3.24. The van der Waals surface area contributed by atoms with Gasteiger partial charge in [-0.1, -0.05) is 0 Å². The molecule has 2 aliphatic rings. The van der Waals surface area contributed by atoms with Gasteiger partial charge >= 0.3 is 0 Å². The van der Waals surface area contributed by atoms with Crippen LogP contribution in [0.5, 0.6) is 0 Å². The number of rotatable bonds is 4. The van der Waals surface area contributed by atoms with Crippen molar-refractivity contribution in [2.24, 2.45) is 11.7 Å². The first kappa shape index (κ1) is 15.7. The van der Waals surface area contributed by atoms with E-state index in [0.717, 1.165) is 32.4 Å². The number of carbonyl (C=O) groups excluding carboxylic acids is 1. The SMILES string of the molecule is NCC1CCN(C(=O)c2ccc(N3CCCC3)c([N+](=O)[O-])c2)C1. The van der Waals surface area contributed by atoms with Crippen molar-refractivity contribution in [2.75, 3.05) is 37.6 Å². The van der Waals surface area contributed by atoms with E-state index in [-0.39, 0.29) is 11.6 Å². The zero-order valence-electron chi connectivity index (χ0n) is 13.1. The van der Waals surface area contributed by atoms with Crippen molar-refractivity contribution < 1.29 is 9.72 Å². The van der Waals surface area contributed by atoms with Gasteiger partial charge in [0.05, 0.1) is 4.92 Å². The molecule has 23 heavy (non-hydrogen) atoms. The van der Waals surface area contributed by atoms with Crippen molar-refractivity contribution in [1.29, 1.82) is 0 Å². The lowest BCUT2D eigenvalue weighted by Crippen LogP contribution is -2.30. The van der Waals surface area contributed by atoms with Crippen molar-refractivity contribution in [1.82, 2.24) is 4.90 Å². The summed E-state index contributed by atoms with van der Waals surface area (Å²) in [4.78, 5) is 27.3. The molecule has 1 aromatic carbocycles. The second-order valence-corrected chi connectivity index (χ2v) is 6.30. The Morgan fingerprint density at radius 3 is 2.65 bits per heavy atom. The maximum absolute atomic E-state index is 12.6. The summed E-state index contributed by atoms with van der Waals surface area (Å²) in [5.41, 5.74) is 6.68. The fraction of sp³-hybridized carbons (Fsp3) is 0.562. The smallest absolute Gasteiger partial charge is 0.293 e. The number of nitrogens with zero attached hydrogens (tertiary/aromatic N) is 3. The van der Waals surface area contributed by atoms with Crippen LogP contribution in [0.1, 0.15) is 29.6 Å². The van der Waals surface area contributed by atoms with Crippen LogP contribution in [-0.2, 0) is 0 Å². The molecule has 2 heterocycles. The van der Waals surface area contributed by atoms with E-state index in [9.17, 15) is 14.9 Å². The molecular formula is C16H22N4O3. The predicted molar refractivity (Wildman–Crippen MR) is 87.6 cm³/mol. The molecule has 1 unspecified atom stereocenters. The summed E-state index contributed by atoms with van der Waals surface area (Å²) in [7, 11) is 0. The number of carbonyl (C=O) groups is 1. The summed E-state index contributed by atoms with van der Waals surface area (Å²) in [5, 5.41) is 11.4. The molecule has 1 aromatic rings. The minimum Gasteiger partial charge on any atom is -0.366 e. The van der Waals surface area contributed by atoms with Crippen LogP contribution < -0.4 is 10.6 Å². The summed E-state index contributed by atoms with van der Waals surface area (Å²) in [6.07, 6.45) is 2.99. The standard InChI is InChI=1S/C16H22N4O3/c17-10-12-5-8-19(11-12)16(21)13-3-4-14(15(9-13)20(22)23)18-6-1-2-7-18/h3-4,9,12H,1-2,5-8,10-11,17H2. The number of nitro benzene ring substituents is 1. The first-order valence-electron chi connectivity index (χ1n) is 8.13. The number of nitro groups is 1. The molecule has 7 nitrogen and oxygen atoms in total. The lowest BCUT2D eigenvalue weighted by Gasteiger charge is -2.19. The Morgan fingerprint density at radius 1 is 1.30 bits per heavy atom. The number of hydrogen-bond donors (Lipinski definition) is 1. The third-order valence-electron chi connectivity index (χ3n) is 4.77. The molecule has 0 bridgehead atoms. The van der Waals surface area contributed by atoms with Crippen molar-refractivity contribution >= 4 is 17.3 Å². The Hall–Kier alpha value is -2.15. The minimum absolute atomic E-state index is 0.0207. The summed E-state index contributed by atoms with van der Waals surface area (Å²) < 4.78 is 0. The van der Waals surface area contributed by atoms with Crippen LogP contribution in [0.25, 0.3) is 0 Å². The molecule has 1 atom stereocenters. The summed E-state index contributed by atoms with van der Waals surface area (Å²) in [5.74, 6) is 0.190. The number of likely N-dealkylation sites (tertiary alicyclic amines) is 1. The molecule has 0 saturated carbocycles.